The number of benzene rings is 2. The Labute approximate surface area is 154 Å². The zero-order valence-electron chi connectivity index (χ0n) is 14.1. The summed E-state index contributed by atoms with van der Waals surface area (Å²) in [5.41, 5.74) is 0.134. The third-order valence-corrected chi connectivity index (χ3v) is 4.18. The van der Waals surface area contributed by atoms with Crippen molar-refractivity contribution in [3.63, 3.8) is 0 Å². The van der Waals surface area contributed by atoms with Gasteiger partial charge in [0.05, 0.1) is 23.0 Å². The number of nitrogens with one attached hydrogen (secondary N) is 1. The molecule has 0 aliphatic heterocycles. The number of H-pyrrole nitrogens is 1. The van der Waals surface area contributed by atoms with Gasteiger partial charge in [-0.15, -0.1) is 0 Å². The minimum Gasteiger partial charge on any atom is -0.331 e. The van der Waals surface area contributed by atoms with Crippen molar-refractivity contribution in [3.05, 3.63) is 75.0 Å². The second-order valence-corrected chi connectivity index (χ2v) is 6.32. The van der Waals surface area contributed by atoms with Crippen molar-refractivity contribution in [2.45, 2.75) is 19.9 Å². The Morgan fingerprint density at radius 1 is 1.27 bits per heavy atom. The number of halogens is 2. The lowest BCUT2D eigenvalue weighted by atomic mass is 10.1. The first-order valence-electron chi connectivity index (χ1n) is 8.22. The fourth-order valence-corrected chi connectivity index (χ4v) is 2.91. The van der Waals surface area contributed by atoms with Crippen LogP contribution in [0.3, 0.4) is 0 Å². The van der Waals surface area contributed by atoms with Gasteiger partial charge < -0.3 is 9.88 Å². The molecule has 26 heavy (non-hydrogen) atoms. The molecular weight excluding hydrogens is 357 g/mol. The van der Waals surface area contributed by atoms with Gasteiger partial charge in [0, 0.05) is 11.6 Å². The van der Waals surface area contributed by atoms with Gasteiger partial charge in [0.25, 0.3) is 11.5 Å². The number of nitrogens with zero attached hydrogens (tertiary/aromatic N) is 2. The van der Waals surface area contributed by atoms with Crippen LogP contribution in [0.15, 0.2) is 47.3 Å². The van der Waals surface area contributed by atoms with Crippen LogP contribution in [-0.4, -0.2) is 27.3 Å². The Balaban J connectivity index is 1.95. The predicted octanol–water partition coefficient (Wildman–Crippen LogP) is 3.77. The molecule has 0 spiro atoms. The molecule has 0 aliphatic rings. The summed E-state index contributed by atoms with van der Waals surface area (Å²) in [7, 11) is 0. The number of aromatic nitrogens is 2. The van der Waals surface area contributed by atoms with Gasteiger partial charge in [0.1, 0.15) is 11.6 Å². The minimum atomic E-state index is -0.578. The van der Waals surface area contributed by atoms with E-state index in [9.17, 15) is 14.0 Å². The van der Waals surface area contributed by atoms with E-state index in [-0.39, 0.29) is 17.7 Å². The molecule has 1 N–H and O–H groups in total. The number of aromatic amines is 1. The first-order chi connectivity index (χ1) is 12.5. The van der Waals surface area contributed by atoms with Crippen LogP contribution in [0.1, 0.15) is 29.5 Å². The molecule has 0 aliphatic carbocycles. The average Bonchev–Trinajstić information content (AvgIpc) is 2.61. The predicted molar refractivity (Wildman–Crippen MR) is 98.8 cm³/mol. The van der Waals surface area contributed by atoms with Crippen LogP contribution < -0.4 is 5.56 Å². The van der Waals surface area contributed by atoms with Gasteiger partial charge in [-0.05, 0) is 36.8 Å². The Bertz CT molecular complexity index is 1020. The summed E-state index contributed by atoms with van der Waals surface area (Å²) < 4.78 is 14.0. The van der Waals surface area contributed by atoms with E-state index in [0.717, 1.165) is 0 Å². The van der Waals surface area contributed by atoms with Gasteiger partial charge in [-0.2, -0.15) is 0 Å². The molecule has 0 atom stereocenters. The Morgan fingerprint density at radius 3 is 2.77 bits per heavy atom. The van der Waals surface area contributed by atoms with E-state index in [1.54, 1.807) is 24.3 Å². The zero-order valence-corrected chi connectivity index (χ0v) is 14.9. The van der Waals surface area contributed by atoms with Crippen LogP contribution in [0.25, 0.3) is 10.9 Å². The minimum absolute atomic E-state index is 0.00729. The Hall–Kier alpha value is -2.73. The average molecular weight is 374 g/mol. The monoisotopic (exact) mass is 373 g/mol. The highest BCUT2D eigenvalue weighted by Crippen LogP contribution is 2.16. The molecule has 0 radical (unpaired) electrons. The normalized spacial score (nSPS) is 10.9. The second-order valence-electron chi connectivity index (χ2n) is 5.88. The molecule has 3 aromatic rings. The molecule has 0 saturated carbocycles. The first-order valence-corrected chi connectivity index (χ1v) is 8.59. The molecular formula is C19H17ClFN3O2. The van der Waals surface area contributed by atoms with Crippen molar-refractivity contribution in [3.8, 4) is 0 Å². The topological polar surface area (TPSA) is 66.1 Å². The zero-order chi connectivity index (χ0) is 18.7. The second kappa shape index (κ2) is 7.66. The molecule has 5 nitrogen and oxygen atoms in total. The maximum absolute atomic E-state index is 14.0. The summed E-state index contributed by atoms with van der Waals surface area (Å²) in [4.78, 5) is 33.5. The van der Waals surface area contributed by atoms with E-state index in [1.165, 1.54) is 23.1 Å². The van der Waals surface area contributed by atoms with E-state index in [1.807, 2.05) is 6.92 Å². The lowest BCUT2D eigenvalue weighted by molar-refractivity contribution is 0.0734. The van der Waals surface area contributed by atoms with E-state index in [2.05, 4.69) is 9.97 Å². The molecule has 3 rings (SSSR count). The standard InChI is InChI=1S/C19H17ClFN3O2/c1-2-9-24(19(26)13-5-3-4-6-15(13)21)11-17-22-16-10-12(20)7-8-14(16)18(25)23-17/h3-8,10H,2,9,11H2,1H3,(H,22,23,25). The van der Waals surface area contributed by atoms with Crippen molar-refractivity contribution in [1.82, 2.24) is 14.9 Å². The van der Waals surface area contributed by atoms with E-state index < -0.39 is 11.7 Å². The third kappa shape index (κ3) is 3.75. The number of hydrogen-bond donors (Lipinski definition) is 1. The molecule has 1 amide bonds. The number of amides is 1. The number of fused-ring (bicyclic) bond motifs is 1. The number of hydrogen-bond acceptors (Lipinski definition) is 3. The summed E-state index contributed by atoms with van der Waals surface area (Å²) in [6, 6.07) is 10.6. The van der Waals surface area contributed by atoms with Crippen LogP contribution in [0.5, 0.6) is 0 Å². The third-order valence-electron chi connectivity index (χ3n) is 3.94. The van der Waals surface area contributed by atoms with Gasteiger partial charge in [-0.25, -0.2) is 9.37 Å². The van der Waals surface area contributed by atoms with E-state index in [0.29, 0.717) is 34.7 Å². The van der Waals surface area contributed by atoms with E-state index in [4.69, 9.17) is 11.6 Å². The van der Waals surface area contributed by atoms with Crippen LogP contribution in [0, 0.1) is 5.82 Å². The summed E-state index contributed by atoms with van der Waals surface area (Å²) in [5, 5.41) is 0.884. The lowest BCUT2D eigenvalue weighted by Crippen LogP contribution is -2.33. The van der Waals surface area contributed by atoms with Crippen molar-refractivity contribution >= 4 is 28.4 Å². The maximum Gasteiger partial charge on any atom is 0.258 e. The van der Waals surface area contributed by atoms with Crippen molar-refractivity contribution < 1.29 is 9.18 Å². The Morgan fingerprint density at radius 2 is 2.04 bits per heavy atom. The molecule has 0 saturated heterocycles. The van der Waals surface area contributed by atoms with Crippen LogP contribution >= 0.6 is 11.6 Å². The van der Waals surface area contributed by atoms with Crippen LogP contribution in [-0.2, 0) is 6.54 Å². The van der Waals surface area contributed by atoms with E-state index >= 15 is 0 Å². The summed E-state index contributed by atoms with van der Waals surface area (Å²) in [6.07, 6.45) is 0.684. The van der Waals surface area contributed by atoms with Gasteiger partial charge in [-0.1, -0.05) is 30.7 Å². The highest BCUT2D eigenvalue weighted by atomic mass is 35.5. The summed E-state index contributed by atoms with van der Waals surface area (Å²) in [5.74, 6) is -0.702. The fraction of sp³-hybridized carbons (Fsp3) is 0.211. The Kier molecular flexibility index (Phi) is 5.32. The van der Waals surface area contributed by atoms with Crippen LogP contribution in [0.4, 0.5) is 4.39 Å². The SMILES string of the molecule is CCCN(Cc1nc2cc(Cl)ccc2c(=O)[nH]1)C(=O)c1ccccc1F. The molecule has 1 heterocycles. The molecule has 0 fully saturated rings. The van der Waals surface area contributed by atoms with Gasteiger partial charge in [0.15, 0.2) is 0 Å². The van der Waals surface area contributed by atoms with Crippen molar-refractivity contribution in [2.75, 3.05) is 6.54 Å². The number of carbonyl (C=O) groups is 1. The smallest absolute Gasteiger partial charge is 0.258 e. The fourth-order valence-electron chi connectivity index (χ4n) is 2.74. The highest BCUT2D eigenvalue weighted by Gasteiger charge is 2.19. The number of rotatable bonds is 5. The molecule has 134 valence electrons. The van der Waals surface area contributed by atoms with Crippen molar-refractivity contribution in [2.24, 2.45) is 0 Å². The highest BCUT2D eigenvalue weighted by molar-refractivity contribution is 6.31. The van der Waals surface area contributed by atoms with Gasteiger partial charge in [-0.3, -0.25) is 9.59 Å². The molecule has 2 aromatic carbocycles. The largest absolute Gasteiger partial charge is 0.331 e. The first kappa shape index (κ1) is 18.1. The quantitative estimate of drug-likeness (QED) is 0.740. The lowest BCUT2D eigenvalue weighted by Gasteiger charge is -2.22. The molecule has 1 aromatic heterocycles. The summed E-state index contributed by atoms with van der Waals surface area (Å²) >= 11 is 5.97. The molecule has 0 bridgehead atoms. The molecule has 7 heteroatoms. The summed E-state index contributed by atoms with van der Waals surface area (Å²) in [6.45, 7) is 2.39. The number of carbonyl (C=O) groups excluding carboxylic acids is 1. The maximum atomic E-state index is 14.0. The van der Waals surface area contributed by atoms with Gasteiger partial charge >= 0.3 is 0 Å². The molecule has 0 unspecified atom stereocenters. The van der Waals surface area contributed by atoms with Gasteiger partial charge in [0.2, 0.25) is 0 Å². The van der Waals surface area contributed by atoms with Crippen molar-refractivity contribution in [1.29, 1.82) is 0 Å². The van der Waals surface area contributed by atoms with Crippen LogP contribution in [0.2, 0.25) is 5.02 Å².